The van der Waals surface area contributed by atoms with Gasteiger partial charge in [-0.3, -0.25) is 4.99 Å². The van der Waals surface area contributed by atoms with Crippen molar-refractivity contribution < 1.29 is 8.42 Å². The minimum absolute atomic E-state index is 0.140. The zero-order valence-electron chi connectivity index (χ0n) is 15.9. The van der Waals surface area contributed by atoms with Crippen LogP contribution < -0.4 is 15.4 Å². The molecule has 1 aromatic carbocycles. The van der Waals surface area contributed by atoms with E-state index < -0.39 is 10.0 Å². The zero-order chi connectivity index (χ0) is 18.9. The molecule has 1 aliphatic carbocycles. The molecular formula is C19H32N4O2S. The summed E-state index contributed by atoms with van der Waals surface area (Å²) in [6.07, 6.45) is 6.76. The van der Waals surface area contributed by atoms with Crippen molar-refractivity contribution in [2.75, 3.05) is 32.4 Å². The Hall–Kier alpha value is -1.60. The number of benzene rings is 1. The van der Waals surface area contributed by atoms with E-state index in [-0.39, 0.29) is 5.41 Å². The number of hydrogen-bond acceptors (Lipinski definition) is 3. The lowest BCUT2D eigenvalue weighted by Gasteiger charge is -2.28. The van der Waals surface area contributed by atoms with E-state index in [2.05, 4.69) is 45.7 Å². The van der Waals surface area contributed by atoms with Gasteiger partial charge in [-0.2, -0.15) is 0 Å². The van der Waals surface area contributed by atoms with Crippen molar-refractivity contribution in [3.05, 3.63) is 35.9 Å². The largest absolute Gasteiger partial charge is 0.357 e. The fourth-order valence-corrected chi connectivity index (χ4v) is 4.02. The molecule has 0 radical (unpaired) electrons. The Morgan fingerprint density at radius 1 is 1.12 bits per heavy atom. The van der Waals surface area contributed by atoms with Gasteiger partial charge in [-0.25, -0.2) is 13.1 Å². The van der Waals surface area contributed by atoms with Gasteiger partial charge in [0.15, 0.2) is 5.96 Å². The number of hydrogen-bond donors (Lipinski definition) is 3. The average Bonchev–Trinajstić information content (AvgIpc) is 3.09. The smallest absolute Gasteiger partial charge is 0.208 e. The molecule has 1 aromatic rings. The minimum Gasteiger partial charge on any atom is -0.357 e. The van der Waals surface area contributed by atoms with Crippen molar-refractivity contribution in [2.45, 2.75) is 44.4 Å². The summed E-state index contributed by atoms with van der Waals surface area (Å²) in [5.74, 6) is 0.800. The van der Waals surface area contributed by atoms with Gasteiger partial charge in [0.05, 0.1) is 12.8 Å². The quantitative estimate of drug-likeness (QED) is 0.348. The Bertz CT molecular complexity index is 668. The summed E-state index contributed by atoms with van der Waals surface area (Å²) >= 11 is 0. The fraction of sp³-hybridized carbons (Fsp3) is 0.632. The third-order valence-corrected chi connectivity index (χ3v) is 5.57. The lowest BCUT2D eigenvalue weighted by molar-refractivity contribution is 0.452. The number of aliphatic imine (C=N–C) groups is 1. The number of nitrogens with zero attached hydrogens (tertiary/aromatic N) is 1. The molecule has 7 heteroatoms. The van der Waals surface area contributed by atoms with E-state index in [0.717, 1.165) is 19.0 Å². The average molecular weight is 381 g/mol. The molecule has 146 valence electrons. The Labute approximate surface area is 157 Å². The highest BCUT2D eigenvalue weighted by atomic mass is 32.2. The molecule has 6 nitrogen and oxygen atoms in total. The third kappa shape index (κ3) is 6.61. The minimum atomic E-state index is -3.12. The summed E-state index contributed by atoms with van der Waals surface area (Å²) in [7, 11) is -3.12. The molecule has 1 saturated carbocycles. The Morgan fingerprint density at radius 2 is 1.81 bits per heavy atom. The van der Waals surface area contributed by atoms with Crippen molar-refractivity contribution in [3.63, 3.8) is 0 Å². The van der Waals surface area contributed by atoms with Crippen LogP contribution in [0.3, 0.4) is 0 Å². The van der Waals surface area contributed by atoms with E-state index in [4.69, 9.17) is 4.99 Å². The molecule has 2 rings (SSSR count). The normalized spacial score (nSPS) is 17.2. The Morgan fingerprint density at radius 3 is 2.42 bits per heavy atom. The molecule has 0 heterocycles. The van der Waals surface area contributed by atoms with Crippen LogP contribution in [0.5, 0.6) is 0 Å². The maximum Gasteiger partial charge on any atom is 0.208 e. The Kier molecular flexibility index (Phi) is 7.90. The number of sulfonamides is 1. The summed E-state index contributed by atoms with van der Waals surface area (Å²) in [4.78, 5) is 4.85. The van der Waals surface area contributed by atoms with Crippen LogP contribution in [-0.2, 0) is 15.4 Å². The molecule has 1 aliphatic rings. The van der Waals surface area contributed by atoms with Gasteiger partial charge in [-0.05, 0) is 31.7 Å². The van der Waals surface area contributed by atoms with Crippen LogP contribution >= 0.6 is 0 Å². The zero-order valence-corrected chi connectivity index (χ0v) is 16.7. The van der Waals surface area contributed by atoms with Crippen molar-refractivity contribution in [1.29, 1.82) is 0 Å². The van der Waals surface area contributed by atoms with Crippen LogP contribution in [0.4, 0.5) is 0 Å². The van der Waals surface area contributed by atoms with E-state index in [0.29, 0.717) is 19.5 Å². The molecule has 26 heavy (non-hydrogen) atoms. The van der Waals surface area contributed by atoms with Gasteiger partial charge in [-0.1, -0.05) is 43.2 Å². The summed E-state index contributed by atoms with van der Waals surface area (Å²) in [5.41, 5.74) is 1.52. The van der Waals surface area contributed by atoms with E-state index in [1.165, 1.54) is 37.5 Å². The fourth-order valence-electron chi connectivity index (χ4n) is 3.51. The first-order valence-electron chi connectivity index (χ1n) is 9.47. The summed E-state index contributed by atoms with van der Waals surface area (Å²) < 4.78 is 24.7. The second-order valence-corrected chi connectivity index (χ2v) is 8.83. The van der Waals surface area contributed by atoms with Gasteiger partial charge in [-0.15, -0.1) is 0 Å². The molecule has 0 aromatic heterocycles. The Balaban J connectivity index is 1.94. The molecule has 0 amide bonds. The van der Waals surface area contributed by atoms with Gasteiger partial charge in [0.2, 0.25) is 10.0 Å². The molecule has 0 aliphatic heterocycles. The summed E-state index contributed by atoms with van der Waals surface area (Å²) in [6.45, 7) is 4.72. The highest BCUT2D eigenvalue weighted by Gasteiger charge is 2.35. The standard InChI is InChI=1S/C19H32N4O2S/c1-3-20-18(21-14-9-15-23-26(2,24)25)22-16-19(12-7-8-13-19)17-10-5-4-6-11-17/h4-6,10-11,23H,3,7-9,12-16H2,1-2H3,(H2,20,21,22). The van der Waals surface area contributed by atoms with Crippen LogP contribution in [0.15, 0.2) is 35.3 Å². The SMILES string of the molecule is CCNC(=NCC1(c2ccccc2)CCCC1)NCCCNS(C)(=O)=O. The molecule has 1 fully saturated rings. The molecule has 0 atom stereocenters. The van der Waals surface area contributed by atoms with Crippen LogP contribution in [0.2, 0.25) is 0 Å². The first-order chi connectivity index (χ1) is 12.5. The monoisotopic (exact) mass is 380 g/mol. The second kappa shape index (κ2) is 9.92. The van der Waals surface area contributed by atoms with E-state index in [9.17, 15) is 8.42 Å². The van der Waals surface area contributed by atoms with Gasteiger partial charge < -0.3 is 10.6 Å². The molecule has 0 bridgehead atoms. The molecule has 0 saturated heterocycles. The molecule has 0 spiro atoms. The van der Waals surface area contributed by atoms with Crippen LogP contribution in [0.1, 0.15) is 44.6 Å². The van der Waals surface area contributed by atoms with E-state index in [1.54, 1.807) is 0 Å². The van der Waals surface area contributed by atoms with Crippen LogP contribution in [0, 0.1) is 0 Å². The lowest BCUT2D eigenvalue weighted by Crippen LogP contribution is -2.40. The van der Waals surface area contributed by atoms with E-state index in [1.807, 2.05) is 6.92 Å². The second-order valence-electron chi connectivity index (χ2n) is 7.00. The molecule has 3 N–H and O–H groups in total. The number of rotatable bonds is 9. The van der Waals surface area contributed by atoms with Crippen molar-refractivity contribution in [2.24, 2.45) is 4.99 Å². The van der Waals surface area contributed by atoms with Gasteiger partial charge in [0, 0.05) is 25.0 Å². The van der Waals surface area contributed by atoms with Crippen molar-refractivity contribution in [3.8, 4) is 0 Å². The van der Waals surface area contributed by atoms with Gasteiger partial charge in [0.1, 0.15) is 0 Å². The van der Waals surface area contributed by atoms with E-state index >= 15 is 0 Å². The first kappa shape index (κ1) is 20.7. The topological polar surface area (TPSA) is 82.6 Å². The summed E-state index contributed by atoms with van der Waals surface area (Å²) in [6, 6.07) is 10.7. The number of nitrogens with one attached hydrogen (secondary N) is 3. The third-order valence-electron chi connectivity index (χ3n) is 4.84. The van der Waals surface area contributed by atoms with Gasteiger partial charge >= 0.3 is 0 Å². The highest BCUT2D eigenvalue weighted by Crippen LogP contribution is 2.41. The predicted octanol–water partition coefficient (Wildman–Crippen LogP) is 1.99. The maximum absolute atomic E-state index is 11.1. The van der Waals surface area contributed by atoms with Crippen molar-refractivity contribution >= 4 is 16.0 Å². The van der Waals surface area contributed by atoms with Crippen LogP contribution in [-0.4, -0.2) is 46.8 Å². The molecule has 0 unspecified atom stereocenters. The van der Waals surface area contributed by atoms with Crippen molar-refractivity contribution in [1.82, 2.24) is 15.4 Å². The first-order valence-corrected chi connectivity index (χ1v) is 11.4. The number of guanidine groups is 1. The predicted molar refractivity (Wildman–Crippen MR) is 108 cm³/mol. The molecular weight excluding hydrogens is 348 g/mol. The maximum atomic E-state index is 11.1. The lowest BCUT2D eigenvalue weighted by atomic mass is 9.79. The highest BCUT2D eigenvalue weighted by molar-refractivity contribution is 7.88. The van der Waals surface area contributed by atoms with Crippen LogP contribution in [0.25, 0.3) is 0 Å². The summed E-state index contributed by atoms with van der Waals surface area (Å²) in [5, 5.41) is 6.59. The van der Waals surface area contributed by atoms with Gasteiger partial charge in [0.25, 0.3) is 0 Å².